The number of benzene rings is 1. The molecule has 0 aromatic heterocycles. The summed E-state index contributed by atoms with van der Waals surface area (Å²) >= 11 is 2.27. The van der Waals surface area contributed by atoms with Gasteiger partial charge < -0.3 is 4.90 Å². The molecule has 0 heterocycles. The molecule has 1 aromatic carbocycles. The van der Waals surface area contributed by atoms with Crippen LogP contribution in [0.2, 0.25) is 0 Å². The SMILES string of the molecule is CCN(CC)c1ccc(C=O)cc1I. The summed E-state index contributed by atoms with van der Waals surface area (Å²) in [6.45, 7) is 6.25. The number of nitrogens with zero attached hydrogens (tertiary/aromatic N) is 1. The molecule has 0 unspecified atom stereocenters. The van der Waals surface area contributed by atoms with Gasteiger partial charge in [-0.15, -0.1) is 0 Å². The highest BCUT2D eigenvalue weighted by atomic mass is 127. The Hall–Kier alpha value is -0.580. The lowest BCUT2D eigenvalue weighted by molar-refractivity contribution is 0.112. The summed E-state index contributed by atoms with van der Waals surface area (Å²) in [5, 5.41) is 0. The minimum atomic E-state index is 0.741. The van der Waals surface area contributed by atoms with Gasteiger partial charge in [0.15, 0.2) is 0 Å². The summed E-state index contributed by atoms with van der Waals surface area (Å²) in [6, 6.07) is 5.79. The van der Waals surface area contributed by atoms with Crippen molar-refractivity contribution in [2.45, 2.75) is 13.8 Å². The fourth-order valence-electron chi connectivity index (χ4n) is 1.42. The van der Waals surface area contributed by atoms with E-state index in [1.807, 2.05) is 18.2 Å². The molecule has 1 aromatic rings. The van der Waals surface area contributed by atoms with E-state index in [9.17, 15) is 4.79 Å². The maximum absolute atomic E-state index is 10.6. The first-order valence-electron chi connectivity index (χ1n) is 4.72. The predicted molar refractivity (Wildman–Crippen MR) is 68.1 cm³/mol. The first-order valence-corrected chi connectivity index (χ1v) is 5.80. The second kappa shape index (κ2) is 5.34. The Morgan fingerprint density at radius 1 is 1.36 bits per heavy atom. The first kappa shape index (κ1) is 11.5. The van der Waals surface area contributed by atoms with Crippen molar-refractivity contribution in [3.8, 4) is 0 Å². The third kappa shape index (κ3) is 2.47. The van der Waals surface area contributed by atoms with Crippen molar-refractivity contribution in [2.75, 3.05) is 18.0 Å². The minimum Gasteiger partial charge on any atom is -0.371 e. The quantitative estimate of drug-likeness (QED) is 0.629. The van der Waals surface area contributed by atoms with Crippen LogP contribution in [0, 0.1) is 3.57 Å². The van der Waals surface area contributed by atoms with Gasteiger partial charge >= 0.3 is 0 Å². The Labute approximate surface area is 98.4 Å². The smallest absolute Gasteiger partial charge is 0.150 e. The highest BCUT2D eigenvalue weighted by Gasteiger charge is 2.06. The second-order valence-corrected chi connectivity index (χ2v) is 4.16. The molecule has 0 amide bonds. The van der Waals surface area contributed by atoms with Gasteiger partial charge in [0.2, 0.25) is 0 Å². The van der Waals surface area contributed by atoms with E-state index in [0.717, 1.165) is 28.5 Å². The molecule has 76 valence electrons. The van der Waals surface area contributed by atoms with E-state index in [1.54, 1.807) is 0 Å². The molecule has 0 aliphatic heterocycles. The van der Waals surface area contributed by atoms with Crippen LogP contribution in [0.15, 0.2) is 18.2 Å². The van der Waals surface area contributed by atoms with Gasteiger partial charge in [-0.1, -0.05) is 0 Å². The van der Waals surface area contributed by atoms with Crippen LogP contribution in [-0.2, 0) is 0 Å². The lowest BCUT2D eigenvalue weighted by Gasteiger charge is -2.22. The summed E-state index contributed by atoms with van der Waals surface area (Å²) in [6.07, 6.45) is 0.883. The maximum Gasteiger partial charge on any atom is 0.150 e. The average molecular weight is 303 g/mol. The molecule has 2 nitrogen and oxygen atoms in total. The monoisotopic (exact) mass is 303 g/mol. The van der Waals surface area contributed by atoms with Crippen molar-refractivity contribution < 1.29 is 4.79 Å². The molecule has 0 bridgehead atoms. The van der Waals surface area contributed by atoms with Crippen molar-refractivity contribution in [1.82, 2.24) is 0 Å². The maximum atomic E-state index is 10.6. The van der Waals surface area contributed by atoms with Crippen molar-refractivity contribution in [3.63, 3.8) is 0 Å². The highest BCUT2D eigenvalue weighted by Crippen LogP contribution is 2.22. The average Bonchev–Trinajstić information content (AvgIpc) is 2.22. The molecular formula is C11H14INO. The Balaban J connectivity index is 3.03. The zero-order chi connectivity index (χ0) is 10.6. The predicted octanol–water partition coefficient (Wildman–Crippen LogP) is 2.95. The molecule has 0 saturated heterocycles. The van der Waals surface area contributed by atoms with E-state index in [0.29, 0.717) is 0 Å². The summed E-state index contributed by atoms with van der Waals surface area (Å²) in [5.74, 6) is 0. The molecule has 3 heteroatoms. The molecule has 14 heavy (non-hydrogen) atoms. The van der Waals surface area contributed by atoms with E-state index in [1.165, 1.54) is 5.69 Å². The number of carbonyl (C=O) groups excluding carboxylic acids is 1. The summed E-state index contributed by atoms with van der Waals surface area (Å²) in [7, 11) is 0. The molecule has 0 aliphatic carbocycles. The minimum absolute atomic E-state index is 0.741. The van der Waals surface area contributed by atoms with Gasteiger partial charge in [-0.3, -0.25) is 4.79 Å². The standard InChI is InChI=1S/C11H14INO/c1-3-13(4-2)11-6-5-9(8-14)7-10(11)12/h5-8H,3-4H2,1-2H3. The third-order valence-corrected chi connectivity index (χ3v) is 3.08. The molecule has 0 N–H and O–H groups in total. The first-order chi connectivity index (χ1) is 6.72. The number of hydrogen-bond acceptors (Lipinski definition) is 2. The van der Waals surface area contributed by atoms with Crippen LogP contribution in [0.4, 0.5) is 5.69 Å². The number of aldehydes is 1. The van der Waals surface area contributed by atoms with Crippen LogP contribution in [0.3, 0.4) is 0 Å². The zero-order valence-corrected chi connectivity index (χ0v) is 10.6. The van der Waals surface area contributed by atoms with Crippen molar-refractivity contribution in [3.05, 3.63) is 27.3 Å². The molecule has 0 radical (unpaired) electrons. The highest BCUT2D eigenvalue weighted by molar-refractivity contribution is 14.1. The van der Waals surface area contributed by atoms with Gasteiger partial charge in [0.25, 0.3) is 0 Å². The molecule has 0 fully saturated rings. The lowest BCUT2D eigenvalue weighted by Crippen LogP contribution is -2.22. The summed E-state index contributed by atoms with van der Waals surface area (Å²) < 4.78 is 1.14. The molecule has 1 rings (SSSR count). The van der Waals surface area contributed by atoms with Crippen LogP contribution >= 0.6 is 22.6 Å². The van der Waals surface area contributed by atoms with E-state index < -0.39 is 0 Å². The van der Waals surface area contributed by atoms with Crippen LogP contribution < -0.4 is 4.90 Å². The normalized spacial score (nSPS) is 9.93. The molecular weight excluding hydrogens is 289 g/mol. The fourth-order valence-corrected chi connectivity index (χ4v) is 2.30. The number of rotatable bonds is 4. The van der Waals surface area contributed by atoms with E-state index in [4.69, 9.17) is 0 Å². The molecule has 0 aliphatic rings. The van der Waals surface area contributed by atoms with Crippen molar-refractivity contribution in [1.29, 1.82) is 0 Å². The van der Waals surface area contributed by atoms with E-state index >= 15 is 0 Å². The number of halogens is 1. The molecule has 0 atom stereocenters. The van der Waals surface area contributed by atoms with E-state index in [-0.39, 0.29) is 0 Å². The zero-order valence-electron chi connectivity index (χ0n) is 8.46. The number of anilines is 1. The fraction of sp³-hybridized carbons (Fsp3) is 0.364. The number of hydrogen-bond donors (Lipinski definition) is 0. The van der Waals surface area contributed by atoms with Gasteiger partial charge in [0, 0.05) is 22.2 Å². The Kier molecular flexibility index (Phi) is 4.38. The lowest BCUT2D eigenvalue weighted by atomic mass is 10.2. The van der Waals surface area contributed by atoms with Gasteiger partial charge in [0.05, 0.1) is 5.69 Å². The summed E-state index contributed by atoms with van der Waals surface area (Å²) in [4.78, 5) is 12.8. The van der Waals surface area contributed by atoms with Crippen molar-refractivity contribution >= 4 is 34.6 Å². The molecule has 0 saturated carbocycles. The van der Waals surface area contributed by atoms with Crippen LogP contribution in [-0.4, -0.2) is 19.4 Å². The second-order valence-electron chi connectivity index (χ2n) is 3.00. The number of carbonyl (C=O) groups is 1. The van der Waals surface area contributed by atoms with Crippen LogP contribution in [0.25, 0.3) is 0 Å². The largest absolute Gasteiger partial charge is 0.371 e. The Bertz CT molecular complexity index is 321. The van der Waals surface area contributed by atoms with Gasteiger partial charge in [-0.05, 0) is 54.6 Å². The van der Waals surface area contributed by atoms with Gasteiger partial charge in [-0.2, -0.15) is 0 Å². The Morgan fingerprint density at radius 3 is 2.43 bits per heavy atom. The Morgan fingerprint density at radius 2 is 2.00 bits per heavy atom. The van der Waals surface area contributed by atoms with Crippen molar-refractivity contribution in [2.24, 2.45) is 0 Å². The van der Waals surface area contributed by atoms with Crippen LogP contribution in [0.5, 0.6) is 0 Å². The topological polar surface area (TPSA) is 20.3 Å². The summed E-state index contributed by atoms with van der Waals surface area (Å²) in [5.41, 5.74) is 1.95. The van der Waals surface area contributed by atoms with Gasteiger partial charge in [-0.25, -0.2) is 0 Å². The van der Waals surface area contributed by atoms with Gasteiger partial charge in [0.1, 0.15) is 6.29 Å². The molecule has 0 spiro atoms. The van der Waals surface area contributed by atoms with E-state index in [2.05, 4.69) is 41.3 Å². The third-order valence-electron chi connectivity index (χ3n) is 2.21. The van der Waals surface area contributed by atoms with Crippen LogP contribution in [0.1, 0.15) is 24.2 Å².